The van der Waals surface area contributed by atoms with Crippen molar-refractivity contribution in [1.82, 2.24) is 0 Å². The predicted octanol–water partition coefficient (Wildman–Crippen LogP) is 3.49. The van der Waals surface area contributed by atoms with Gasteiger partial charge in [0, 0.05) is 11.8 Å². The third-order valence-corrected chi connectivity index (χ3v) is 8.21. The molecule has 27 heavy (non-hydrogen) atoms. The van der Waals surface area contributed by atoms with Crippen molar-refractivity contribution in [3.05, 3.63) is 23.8 Å². The second-order valence-electron chi connectivity index (χ2n) is 8.52. The molecule has 0 amide bonds. The molecule has 6 heteroatoms. The lowest BCUT2D eigenvalue weighted by molar-refractivity contribution is -0.116. The molecule has 0 saturated heterocycles. The third kappa shape index (κ3) is 2.74. The molecule has 0 bridgehead atoms. The van der Waals surface area contributed by atoms with E-state index in [0.717, 1.165) is 32.1 Å². The van der Waals surface area contributed by atoms with Gasteiger partial charge in [0.05, 0.1) is 0 Å². The first kappa shape index (κ1) is 18.9. The Morgan fingerprint density at radius 2 is 2.07 bits per heavy atom. The Morgan fingerprint density at radius 3 is 2.74 bits per heavy atom. The molecule has 0 aliphatic heterocycles. The number of hydrogen-bond donors (Lipinski definition) is 1. The number of carbonyl (C=O) groups excluding carboxylic acids is 1. The Kier molecular flexibility index (Phi) is 4.41. The van der Waals surface area contributed by atoms with Crippen molar-refractivity contribution in [3.63, 3.8) is 0 Å². The van der Waals surface area contributed by atoms with Crippen LogP contribution in [0.25, 0.3) is 0 Å². The number of terminal acetylenes is 1. The normalized spacial score (nSPS) is 43.3. The lowest BCUT2D eigenvalue weighted by Crippen LogP contribution is -2.55. The predicted molar refractivity (Wildman–Crippen MR) is 101 cm³/mol. The van der Waals surface area contributed by atoms with Crippen LogP contribution in [0, 0.1) is 41.4 Å². The molecule has 6 atom stereocenters. The zero-order valence-corrected chi connectivity index (χ0v) is 16.4. The molecule has 1 N–H and O–H groups in total. The largest absolute Gasteiger partial charge is 0.399 e. The molecule has 1 unspecified atom stereocenters. The summed E-state index contributed by atoms with van der Waals surface area (Å²) in [6, 6.07) is 0. The van der Waals surface area contributed by atoms with Gasteiger partial charge < -0.3 is 0 Å². The van der Waals surface area contributed by atoms with E-state index in [4.69, 9.17) is 10.6 Å². The lowest BCUT2D eigenvalue weighted by atomic mass is 9.49. The van der Waals surface area contributed by atoms with E-state index in [-0.39, 0.29) is 11.7 Å². The van der Waals surface area contributed by atoms with Crippen LogP contribution in [0.5, 0.6) is 0 Å². The van der Waals surface area contributed by atoms with Crippen LogP contribution in [0.15, 0.2) is 23.8 Å². The minimum Gasteiger partial charge on any atom is -0.295 e. The van der Waals surface area contributed by atoms with Crippen molar-refractivity contribution in [2.45, 2.75) is 57.5 Å². The smallest absolute Gasteiger partial charge is 0.295 e. The summed E-state index contributed by atoms with van der Waals surface area (Å²) in [7, 11) is -4.67. The first-order valence-electron chi connectivity index (χ1n) is 9.84. The van der Waals surface area contributed by atoms with E-state index in [0.29, 0.717) is 30.6 Å². The van der Waals surface area contributed by atoms with Crippen LogP contribution >= 0.6 is 0 Å². The topological polar surface area (TPSA) is 80.7 Å². The fourth-order valence-corrected chi connectivity index (χ4v) is 7.26. The highest BCUT2D eigenvalue weighted by molar-refractivity contribution is 7.81. The van der Waals surface area contributed by atoms with Crippen LogP contribution in [-0.4, -0.2) is 24.4 Å². The SMILES string of the molecule is C#CC1(OS(=O)(=O)O)C=C[C@@H]2[C@@H]3CCC4=CC(=O)CC[C@@H]4[C@@H]3CC[C@@]21CC. The maximum Gasteiger partial charge on any atom is 0.399 e. The first-order chi connectivity index (χ1) is 12.8. The highest BCUT2D eigenvalue weighted by atomic mass is 32.3. The van der Waals surface area contributed by atoms with E-state index in [1.54, 1.807) is 6.08 Å². The quantitative estimate of drug-likeness (QED) is 0.453. The summed E-state index contributed by atoms with van der Waals surface area (Å²) in [4.78, 5) is 11.8. The summed E-state index contributed by atoms with van der Waals surface area (Å²) in [6.45, 7) is 2.02. The van der Waals surface area contributed by atoms with Crippen LogP contribution in [0.4, 0.5) is 0 Å². The molecule has 2 fully saturated rings. The van der Waals surface area contributed by atoms with Crippen LogP contribution in [0.3, 0.4) is 0 Å². The van der Waals surface area contributed by atoms with Crippen LogP contribution in [0.2, 0.25) is 0 Å². The fourth-order valence-electron chi connectivity index (χ4n) is 6.66. The van der Waals surface area contributed by atoms with Gasteiger partial charge in [-0.2, -0.15) is 8.42 Å². The summed E-state index contributed by atoms with van der Waals surface area (Å²) in [5.74, 6) is 4.28. The van der Waals surface area contributed by atoms with E-state index < -0.39 is 21.4 Å². The molecule has 0 aromatic heterocycles. The van der Waals surface area contributed by atoms with Crippen LogP contribution in [-0.2, 0) is 19.4 Å². The third-order valence-electron chi connectivity index (χ3n) is 7.74. The summed E-state index contributed by atoms with van der Waals surface area (Å²) in [6.07, 6.45) is 17.2. The monoisotopic (exact) mass is 390 g/mol. The number of hydrogen-bond acceptors (Lipinski definition) is 4. The number of rotatable bonds is 3. The standard InChI is InChI=1S/C21H26O5S/c1-3-20-11-9-17-16-8-6-15(22)13-14(16)5-7-18(17)19(20)10-12-21(20,4-2)26-27(23,24)25/h2,10,12-13,16-19H,3,5-9,11H2,1H3,(H,23,24,25)/t16-,17-,18+,19+,20-,21?/m0/s1. The van der Waals surface area contributed by atoms with Gasteiger partial charge in [-0.3, -0.25) is 9.35 Å². The maximum absolute atomic E-state index is 11.8. The van der Waals surface area contributed by atoms with Gasteiger partial charge in [0.25, 0.3) is 0 Å². The number of fused-ring (bicyclic) bond motifs is 5. The fraction of sp³-hybridized carbons (Fsp3) is 0.667. The summed E-state index contributed by atoms with van der Waals surface area (Å²) < 4.78 is 37.6. The van der Waals surface area contributed by atoms with Gasteiger partial charge in [-0.25, -0.2) is 4.18 Å². The van der Waals surface area contributed by atoms with Gasteiger partial charge in [0.1, 0.15) is 0 Å². The molecule has 4 aliphatic rings. The number of allylic oxidation sites excluding steroid dienone is 3. The Bertz CT molecular complexity index is 863. The van der Waals surface area contributed by atoms with Gasteiger partial charge >= 0.3 is 10.4 Å². The Labute approximate surface area is 161 Å². The van der Waals surface area contributed by atoms with E-state index in [1.165, 1.54) is 5.57 Å². The van der Waals surface area contributed by atoms with Crippen molar-refractivity contribution < 1.29 is 21.9 Å². The van der Waals surface area contributed by atoms with Crippen molar-refractivity contribution in [2.24, 2.45) is 29.1 Å². The van der Waals surface area contributed by atoms with E-state index in [2.05, 4.69) is 5.92 Å². The summed E-state index contributed by atoms with van der Waals surface area (Å²) in [5.41, 5.74) is -0.649. The summed E-state index contributed by atoms with van der Waals surface area (Å²) in [5, 5.41) is 0. The molecule has 0 spiro atoms. The molecular weight excluding hydrogens is 364 g/mol. The number of carbonyl (C=O) groups is 1. The lowest BCUT2D eigenvalue weighted by Gasteiger charge is -2.56. The van der Waals surface area contributed by atoms with Crippen molar-refractivity contribution in [1.29, 1.82) is 0 Å². The van der Waals surface area contributed by atoms with Gasteiger partial charge in [0.15, 0.2) is 11.4 Å². The van der Waals surface area contributed by atoms with Crippen LogP contribution < -0.4 is 0 Å². The molecule has 5 nitrogen and oxygen atoms in total. The molecule has 2 saturated carbocycles. The second-order valence-corrected chi connectivity index (χ2v) is 9.54. The van der Waals surface area contributed by atoms with Gasteiger partial charge in [0.2, 0.25) is 0 Å². The number of ketones is 1. The maximum atomic E-state index is 11.8. The Morgan fingerprint density at radius 1 is 1.30 bits per heavy atom. The summed E-state index contributed by atoms with van der Waals surface area (Å²) >= 11 is 0. The molecule has 0 heterocycles. The van der Waals surface area contributed by atoms with Gasteiger partial charge in [-0.1, -0.05) is 24.5 Å². The Balaban J connectivity index is 1.70. The van der Waals surface area contributed by atoms with Crippen molar-refractivity contribution in [2.75, 3.05) is 0 Å². The molecule has 4 aliphatic carbocycles. The van der Waals surface area contributed by atoms with Gasteiger partial charge in [-0.05, 0) is 74.3 Å². The molecule has 4 rings (SSSR count). The zero-order chi connectivity index (χ0) is 19.4. The average molecular weight is 391 g/mol. The van der Waals surface area contributed by atoms with E-state index >= 15 is 0 Å². The first-order valence-corrected chi connectivity index (χ1v) is 11.2. The molecule has 0 radical (unpaired) electrons. The van der Waals surface area contributed by atoms with E-state index in [1.807, 2.05) is 19.1 Å². The minimum atomic E-state index is -4.67. The molecule has 146 valence electrons. The highest BCUT2D eigenvalue weighted by Crippen LogP contribution is 2.64. The highest BCUT2D eigenvalue weighted by Gasteiger charge is 2.63. The van der Waals surface area contributed by atoms with E-state index in [9.17, 15) is 17.8 Å². The second kappa shape index (κ2) is 6.30. The minimum absolute atomic E-state index is 0.123. The van der Waals surface area contributed by atoms with Crippen LogP contribution in [0.1, 0.15) is 51.9 Å². The van der Waals surface area contributed by atoms with Gasteiger partial charge in [-0.15, -0.1) is 6.42 Å². The van der Waals surface area contributed by atoms with Crippen molar-refractivity contribution in [3.8, 4) is 12.3 Å². The average Bonchev–Trinajstić information content (AvgIpc) is 2.94. The molecular formula is C21H26O5S. The molecule has 0 aromatic carbocycles. The molecule has 0 aromatic rings. The Hall–Kier alpha value is -1.42. The zero-order valence-electron chi connectivity index (χ0n) is 15.6. The van der Waals surface area contributed by atoms with Crippen molar-refractivity contribution >= 4 is 16.2 Å².